The predicted octanol–water partition coefficient (Wildman–Crippen LogP) is 5.13. The molecule has 0 radical (unpaired) electrons. The summed E-state index contributed by atoms with van der Waals surface area (Å²) in [7, 11) is 0. The minimum atomic E-state index is 1.26. The summed E-state index contributed by atoms with van der Waals surface area (Å²) in [6.07, 6.45) is 6.34. The maximum atomic E-state index is 4.00. The lowest BCUT2D eigenvalue weighted by Gasteiger charge is -1.81. The Hall–Kier alpha value is -0.890. The van der Waals surface area contributed by atoms with Crippen LogP contribution >= 0.6 is 11.3 Å². The van der Waals surface area contributed by atoms with Crippen molar-refractivity contribution < 1.29 is 0 Å². The van der Waals surface area contributed by atoms with Gasteiger partial charge in [-0.05, 0) is 22.9 Å². The Morgan fingerprint density at radius 1 is 1.13 bits per heavy atom. The molecule has 0 saturated heterocycles. The first-order chi connectivity index (χ1) is 7.38. The van der Waals surface area contributed by atoms with E-state index in [1.54, 1.807) is 11.3 Å². The van der Waals surface area contributed by atoms with E-state index in [2.05, 4.69) is 30.3 Å². The molecule has 2 aromatic rings. The second-order valence-corrected chi connectivity index (χ2v) is 3.78. The monoisotopic (exact) mass is 223 g/mol. The van der Waals surface area contributed by atoms with Crippen LogP contribution < -0.4 is 0 Å². The Morgan fingerprint density at radius 3 is 2.33 bits per heavy atom. The molecule has 84 valence electrons. The summed E-state index contributed by atoms with van der Waals surface area (Å²) in [5.74, 6) is 0. The van der Waals surface area contributed by atoms with E-state index in [-0.39, 0.29) is 0 Å². The molecule has 0 aliphatic heterocycles. The first-order valence-electron chi connectivity index (χ1n) is 5.65. The lowest BCUT2D eigenvalue weighted by Crippen LogP contribution is -1.64. The third kappa shape index (κ3) is 5.53. The molecule has 1 nitrogen and oxygen atoms in total. The van der Waals surface area contributed by atoms with Crippen molar-refractivity contribution >= 4 is 21.4 Å². The molecule has 0 spiro atoms. The van der Waals surface area contributed by atoms with Gasteiger partial charge in [-0.3, -0.25) is 4.98 Å². The molecular formula is C13H21NS. The van der Waals surface area contributed by atoms with Crippen LogP contribution in [0.15, 0.2) is 29.9 Å². The van der Waals surface area contributed by atoms with Gasteiger partial charge >= 0.3 is 0 Å². The summed E-state index contributed by atoms with van der Waals surface area (Å²) in [6.45, 7) is 8.36. The average Bonchev–Trinajstić information content (AvgIpc) is 2.80. The van der Waals surface area contributed by atoms with Crippen LogP contribution in [0.1, 0.15) is 40.5 Å². The summed E-state index contributed by atoms with van der Waals surface area (Å²) in [5, 5.41) is 3.36. The van der Waals surface area contributed by atoms with Gasteiger partial charge in [0.05, 0.1) is 4.70 Å². The van der Waals surface area contributed by atoms with Crippen LogP contribution in [0.25, 0.3) is 10.1 Å². The maximum absolute atomic E-state index is 4.00. The Bertz CT molecular complexity index is 309. The highest BCUT2D eigenvalue weighted by molar-refractivity contribution is 7.17. The molecule has 2 heterocycles. The molecular weight excluding hydrogens is 202 g/mol. The summed E-state index contributed by atoms with van der Waals surface area (Å²) in [4.78, 5) is 4.00. The summed E-state index contributed by atoms with van der Waals surface area (Å²) in [6, 6.07) is 4.12. The molecule has 0 aliphatic rings. The number of rotatable bonds is 1. The van der Waals surface area contributed by atoms with Crippen molar-refractivity contribution in [3.05, 3.63) is 29.9 Å². The van der Waals surface area contributed by atoms with Gasteiger partial charge in [0, 0.05) is 12.4 Å². The summed E-state index contributed by atoms with van der Waals surface area (Å²) < 4.78 is 1.26. The number of hydrogen-bond acceptors (Lipinski definition) is 2. The standard InChI is InChI=1S/C7H5NS.C4H10.C2H6/c1-3-8-5-7-6(1)2-4-9-7;1-3-4-2;1-2/h1-5H;3-4H2,1-2H3;1-2H3. The van der Waals surface area contributed by atoms with E-state index < -0.39 is 0 Å². The van der Waals surface area contributed by atoms with Gasteiger partial charge in [-0.15, -0.1) is 11.3 Å². The first-order valence-corrected chi connectivity index (χ1v) is 6.53. The number of pyridine rings is 1. The normalized spacial score (nSPS) is 8.53. The molecule has 0 aromatic carbocycles. The van der Waals surface area contributed by atoms with Gasteiger partial charge in [0.15, 0.2) is 0 Å². The third-order valence-electron chi connectivity index (χ3n) is 1.76. The van der Waals surface area contributed by atoms with E-state index in [4.69, 9.17) is 0 Å². The van der Waals surface area contributed by atoms with Crippen LogP contribution in [0.2, 0.25) is 0 Å². The molecule has 0 fully saturated rings. The van der Waals surface area contributed by atoms with Crippen LogP contribution in [-0.4, -0.2) is 4.98 Å². The van der Waals surface area contributed by atoms with Gasteiger partial charge in [-0.25, -0.2) is 0 Å². The zero-order valence-corrected chi connectivity index (χ0v) is 11.0. The molecule has 2 rings (SSSR count). The van der Waals surface area contributed by atoms with Crippen LogP contribution in [0.3, 0.4) is 0 Å². The SMILES string of the molecule is CC.CCCC.c1cc2ccsc2cn1. The third-order valence-corrected chi connectivity index (χ3v) is 2.63. The van der Waals surface area contributed by atoms with Crippen molar-refractivity contribution in [1.29, 1.82) is 0 Å². The topological polar surface area (TPSA) is 12.9 Å². The number of hydrogen-bond donors (Lipinski definition) is 0. The number of aromatic nitrogens is 1. The molecule has 0 aliphatic carbocycles. The number of nitrogens with zero attached hydrogens (tertiary/aromatic N) is 1. The van der Waals surface area contributed by atoms with Gasteiger partial charge in [0.2, 0.25) is 0 Å². The zero-order chi connectivity index (χ0) is 11.5. The lowest BCUT2D eigenvalue weighted by atomic mass is 10.3. The molecule has 2 heteroatoms. The van der Waals surface area contributed by atoms with Crippen molar-refractivity contribution in [2.75, 3.05) is 0 Å². The quantitative estimate of drug-likeness (QED) is 0.653. The fourth-order valence-corrected chi connectivity index (χ4v) is 1.56. The van der Waals surface area contributed by atoms with E-state index >= 15 is 0 Å². The maximum Gasteiger partial charge on any atom is 0.0526 e. The Labute approximate surface area is 97.2 Å². The van der Waals surface area contributed by atoms with Gasteiger partial charge in [0.25, 0.3) is 0 Å². The van der Waals surface area contributed by atoms with Crippen LogP contribution in [-0.2, 0) is 0 Å². The minimum Gasteiger partial charge on any atom is -0.263 e. The Kier molecular flexibility index (Phi) is 9.08. The van der Waals surface area contributed by atoms with E-state index in [1.807, 2.05) is 32.3 Å². The number of fused-ring (bicyclic) bond motifs is 1. The molecule has 15 heavy (non-hydrogen) atoms. The smallest absolute Gasteiger partial charge is 0.0526 e. The van der Waals surface area contributed by atoms with Gasteiger partial charge in [0.1, 0.15) is 0 Å². The van der Waals surface area contributed by atoms with Crippen molar-refractivity contribution in [3.63, 3.8) is 0 Å². The highest BCUT2D eigenvalue weighted by Gasteiger charge is 1.88. The molecule has 0 N–H and O–H groups in total. The summed E-state index contributed by atoms with van der Waals surface area (Å²) >= 11 is 1.72. The van der Waals surface area contributed by atoms with Crippen LogP contribution in [0.5, 0.6) is 0 Å². The summed E-state index contributed by atoms with van der Waals surface area (Å²) in [5.41, 5.74) is 0. The zero-order valence-electron chi connectivity index (χ0n) is 10.2. The number of unbranched alkanes of at least 4 members (excludes halogenated alkanes) is 1. The van der Waals surface area contributed by atoms with Crippen molar-refractivity contribution in [3.8, 4) is 0 Å². The molecule has 0 bridgehead atoms. The van der Waals surface area contributed by atoms with Crippen LogP contribution in [0, 0.1) is 0 Å². The van der Waals surface area contributed by atoms with Crippen molar-refractivity contribution in [1.82, 2.24) is 4.98 Å². The molecule has 0 atom stereocenters. The first kappa shape index (κ1) is 14.1. The van der Waals surface area contributed by atoms with Gasteiger partial charge < -0.3 is 0 Å². The highest BCUT2D eigenvalue weighted by atomic mass is 32.1. The average molecular weight is 223 g/mol. The van der Waals surface area contributed by atoms with Gasteiger partial charge in [-0.1, -0.05) is 40.5 Å². The van der Waals surface area contributed by atoms with Gasteiger partial charge in [-0.2, -0.15) is 0 Å². The second kappa shape index (κ2) is 9.66. The minimum absolute atomic E-state index is 1.26. The number of thiophene rings is 1. The molecule has 2 aromatic heterocycles. The van der Waals surface area contributed by atoms with Crippen LogP contribution in [0.4, 0.5) is 0 Å². The van der Waals surface area contributed by atoms with Crippen molar-refractivity contribution in [2.24, 2.45) is 0 Å². The van der Waals surface area contributed by atoms with E-state index in [9.17, 15) is 0 Å². The lowest BCUT2D eigenvalue weighted by molar-refractivity contribution is 0.886. The van der Waals surface area contributed by atoms with E-state index in [0.29, 0.717) is 0 Å². The predicted molar refractivity (Wildman–Crippen MR) is 71.6 cm³/mol. The second-order valence-electron chi connectivity index (χ2n) is 2.83. The molecule has 0 saturated carbocycles. The van der Waals surface area contributed by atoms with Crippen molar-refractivity contribution in [2.45, 2.75) is 40.5 Å². The van der Waals surface area contributed by atoms with E-state index in [0.717, 1.165) is 0 Å². The molecule has 0 amide bonds. The molecule has 0 unspecified atom stereocenters. The largest absolute Gasteiger partial charge is 0.263 e. The fourth-order valence-electron chi connectivity index (χ4n) is 0.808. The fraction of sp³-hybridized carbons (Fsp3) is 0.462. The highest BCUT2D eigenvalue weighted by Crippen LogP contribution is 2.17. The Morgan fingerprint density at radius 2 is 1.80 bits per heavy atom. The Balaban J connectivity index is 0.000000282. The van der Waals surface area contributed by atoms with E-state index in [1.165, 1.54) is 22.9 Å².